The topological polar surface area (TPSA) is 23.8 Å². The van der Waals surface area contributed by atoms with Crippen LogP contribution in [-0.2, 0) is 0 Å². The molecule has 0 spiro atoms. The van der Waals surface area contributed by atoms with E-state index in [-0.39, 0.29) is 5.92 Å². The van der Waals surface area contributed by atoms with Gasteiger partial charge in [-0.1, -0.05) is 24.3 Å². The molecule has 1 heteroatoms. The maximum atomic E-state index is 8.79. The minimum Gasteiger partial charge on any atom is -0.193 e. The van der Waals surface area contributed by atoms with Crippen LogP contribution >= 0.6 is 0 Å². The van der Waals surface area contributed by atoms with Gasteiger partial charge in [0.2, 0.25) is 0 Å². The van der Waals surface area contributed by atoms with Crippen molar-refractivity contribution in [2.24, 2.45) is 5.92 Å². The van der Waals surface area contributed by atoms with E-state index in [1.54, 1.807) is 6.08 Å². The molecule has 0 aromatic rings. The predicted octanol–water partition coefficient (Wildman–Crippen LogP) is 2.27. The maximum absolute atomic E-state index is 8.79. The van der Waals surface area contributed by atoms with Gasteiger partial charge in [0.05, 0.1) is 6.07 Å². The van der Waals surface area contributed by atoms with Crippen molar-refractivity contribution in [3.8, 4) is 6.07 Å². The van der Waals surface area contributed by atoms with Crippen LogP contribution in [0.25, 0.3) is 0 Å². The van der Waals surface area contributed by atoms with Gasteiger partial charge in [-0.3, -0.25) is 0 Å². The molecule has 0 saturated heterocycles. The van der Waals surface area contributed by atoms with Gasteiger partial charge in [0.25, 0.3) is 0 Å². The molecule has 1 atom stereocenters. The zero-order chi connectivity index (χ0) is 8.39. The maximum Gasteiger partial charge on any atom is 0.0957 e. The van der Waals surface area contributed by atoms with Gasteiger partial charge in [-0.05, 0) is 12.2 Å². The summed E-state index contributed by atoms with van der Waals surface area (Å²) in [5.74, 6) is 0.144. The average Bonchev–Trinajstić information content (AvgIpc) is 2.17. The van der Waals surface area contributed by atoms with Crippen LogP contribution in [0.1, 0.15) is 0 Å². The summed E-state index contributed by atoms with van der Waals surface area (Å²) in [6.07, 6.45) is 11.6. The minimum atomic E-state index is 0.144. The molecule has 0 aromatic heterocycles. The number of allylic oxidation sites excluding steroid dienone is 7. The van der Waals surface area contributed by atoms with Gasteiger partial charge < -0.3 is 0 Å². The minimum absolute atomic E-state index is 0.144. The molecule has 0 aliphatic heterocycles. The van der Waals surface area contributed by atoms with E-state index >= 15 is 0 Å². The Hall–Kier alpha value is -1.77. The molecule has 2 aliphatic carbocycles. The fraction of sp³-hybridized carbons (Fsp3) is 0.0909. The van der Waals surface area contributed by atoms with Crippen molar-refractivity contribution in [2.75, 3.05) is 0 Å². The van der Waals surface area contributed by atoms with Crippen LogP contribution in [0.3, 0.4) is 0 Å². The van der Waals surface area contributed by atoms with Crippen molar-refractivity contribution in [3.63, 3.8) is 0 Å². The van der Waals surface area contributed by atoms with E-state index in [2.05, 4.69) is 11.8 Å². The van der Waals surface area contributed by atoms with E-state index in [1.165, 1.54) is 0 Å². The zero-order valence-corrected chi connectivity index (χ0v) is 6.49. The van der Waals surface area contributed by atoms with Crippen LogP contribution in [0.2, 0.25) is 0 Å². The van der Waals surface area contributed by atoms with Crippen LogP contribution in [0.5, 0.6) is 0 Å². The van der Waals surface area contributed by atoms with E-state index in [0.29, 0.717) is 0 Å². The van der Waals surface area contributed by atoms with E-state index in [0.717, 1.165) is 11.1 Å². The van der Waals surface area contributed by atoms with E-state index in [1.807, 2.05) is 30.4 Å². The van der Waals surface area contributed by atoms with Crippen LogP contribution < -0.4 is 0 Å². The van der Waals surface area contributed by atoms with Gasteiger partial charge in [0.15, 0.2) is 0 Å². The molecule has 2 rings (SSSR count). The van der Waals surface area contributed by atoms with Gasteiger partial charge >= 0.3 is 0 Å². The second kappa shape index (κ2) is 2.70. The smallest absolute Gasteiger partial charge is 0.0957 e. The van der Waals surface area contributed by atoms with Crippen molar-refractivity contribution >= 4 is 0 Å². The highest BCUT2D eigenvalue weighted by Crippen LogP contribution is 2.27. The monoisotopic (exact) mass is 153 g/mol. The summed E-state index contributed by atoms with van der Waals surface area (Å²) >= 11 is 0. The Balaban J connectivity index is 2.49. The SMILES string of the molecule is N#CC1=CC=C=C2C=CC=CC21. The van der Waals surface area contributed by atoms with Crippen molar-refractivity contribution in [3.05, 3.63) is 53.3 Å². The van der Waals surface area contributed by atoms with Gasteiger partial charge in [-0.15, -0.1) is 5.73 Å². The number of hydrogen-bond donors (Lipinski definition) is 0. The molecule has 1 nitrogen and oxygen atoms in total. The Bertz CT molecular complexity index is 393. The Morgan fingerprint density at radius 1 is 1.42 bits per heavy atom. The summed E-state index contributed by atoms with van der Waals surface area (Å²) in [7, 11) is 0. The molecule has 0 bridgehead atoms. The lowest BCUT2D eigenvalue weighted by Gasteiger charge is -2.15. The van der Waals surface area contributed by atoms with Crippen LogP contribution in [0.15, 0.2) is 53.3 Å². The first-order valence-corrected chi connectivity index (χ1v) is 3.83. The summed E-state index contributed by atoms with van der Waals surface area (Å²) in [5, 5.41) is 8.79. The van der Waals surface area contributed by atoms with Gasteiger partial charge in [0.1, 0.15) is 0 Å². The Kier molecular flexibility index (Phi) is 1.55. The van der Waals surface area contributed by atoms with Gasteiger partial charge in [0, 0.05) is 17.1 Å². The van der Waals surface area contributed by atoms with Crippen molar-refractivity contribution in [1.82, 2.24) is 0 Å². The zero-order valence-electron chi connectivity index (χ0n) is 6.49. The lowest BCUT2D eigenvalue weighted by Crippen LogP contribution is -2.05. The molecule has 0 aromatic carbocycles. The third-order valence-corrected chi connectivity index (χ3v) is 2.00. The number of hydrogen-bond acceptors (Lipinski definition) is 1. The lowest BCUT2D eigenvalue weighted by atomic mass is 9.86. The molecular weight excluding hydrogens is 146 g/mol. The van der Waals surface area contributed by atoms with Crippen LogP contribution in [0, 0.1) is 17.2 Å². The fourth-order valence-corrected chi connectivity index (χ4v) is 1.39. The summed E-state index contributed by atoms with van der Waals surface area (Å²) in [5.41, 5.74) is 4.99. The third kappa shape index (κ3) is 0.955. The normalized spacial score (nSPS) is 24.1. The first-order valence-electron chi connectivity index (χ1n) is 3.83. The summed E-state index contributed by atoms with van der Waals surface area (Å²) in [6.45, 7) is 0. The summed E-state index contributed by atoms with van der Waals surface area (Å²) < 4.78 is 0. The third-order valence-electron chi connectivity index (χ3n) is 2.00. The molecule has 0 heterocycles. The molecule has 0 radical (unpaired) electrons. The van der Waals surface area contributed by atoms with Crippen LogP contribution in [-0.4, -0.2) is 0 Å². The molecule has 0 amide bonds. The number of nitrogens with zero attached hydrogens (tertiary/aromatic N) is 1. The highest BCUT2D eigenvalue weighted by Gasteiger charge is 2.17. The molecule has 0 N–H and O–H groups in total. The number of fused-ring (bicyclic) bond motifs is 1. The first kappa shape index (κ1) is 6.91. The predicted molar refractivity (Wildman–Crippen MR) is 47.1 cm³/mol. The quantitative estimate of drug-likeness (QED) is 0.490. The Labute approximate surface area is 71.3 Å². The van der Waals surface area contributed by atoms with Crippen molar-refractivity contribution in [1.29, 1.82) is 5.26 Å². The standard InChI is InChI=1S/C11H7N/c12-8-10-6-3-5-9-4-1-2-7-11(9)10/h1-4,6-7,11H. The molecular formula is C11H7N. The summed E-state index contributed by atoms with van der Waals surface area (Å²) in [4.78, 5) is 0. The van der Waals surface area contributed by atoms with E-state index in [9.17, 15) is 0 Å². The lowest BCUT2D eigenvalue weighted by molar-refractivity contribution is 0.942. The van der Waals surface area contributed by atoms with Gasteiger partial charge in [-0.2, -0.15) is 5.26 Å². The molecule has 12 heavy (non-hydrogen) atoms. The Morgan fingerprint density at radius 2 is 2.33 bits per heavy atom. The van der Waals surface area contributed by atoms with E-state index < -0.39 is 0 Å². The first-order chi connectivity index (χ1) is 5.92. The van der Waals surface area contributed by atoms with Crippen LogP contribution in [0.4, 0.5) is 0 Å². The molecule has 56 valence electrons. The van der Waals surface area contributed by atoms with Gasteiger partial charge in [-0.25, -0.2) is 0 Å². The highest BCUT2D eigenvalue weighted by atomic mass is 14.3. The average molecular weight is 153 g/mol. The van der Waals surface area contributed by atoms with E-state index in [4.69, 9.17) is 5.26 Å². The molecule has 0 saturated carbocycles. The second-order valence-electron chi connectivity index (χ2n) is 2.72. The molecule has 1 unspecified atom stereocenters. The molecule has 0 fully saturated rings. The summed E-state index contributed by atoms with van der Waals surface area (Å²) in [6, 6.07) is 2.19. The number of nitriles is 1. The molecule has 2 aliphatic rings. The van der Waals surface area contributed by atoms with Crippen molar-refractivity contribution < 1.29 is 0 Å². The largest absolute Gasteiger partial charge is 0.193 e. The second-order valence-corrected chi connectivity index (χ2v) is 2.72. The fourth-order valence-electron chi connectivity index (χ4n) is 1.39. The highest BCUT2D eigenvalue weighted by molar-refractivity contribution is 5.48. The van der Waals surface area contributed by atoms with Crippen molar-refractivity contribution in [2.45, 2.75) is 0 Å². The Morgan fingerprint density at radius 3 is 3.17 bits per heavy atom. The number of rotatable bonds is 0.